The molecule has 11 aromatic rings. The van der Waals surface area contributed by atoms with Crippen molar-refractivity contribution in [2.75, 3.05) is 0 Å². The zero-order valence-corrected chi connectivity index (χ0v) is 30.7. The lowest BCUT2D eigenvalue weighted by Crippen LogP contribution is -2.00. The molecule has 0 atom stereocenters. The van der Waals surface area contributed by atoms with Gasteiger partial charge in [0.1, 0.15) is 0 Å². The number of benzene rings is 9. The van der Waals surface area contributed by atoms with E-state index in [4.69, 9.17) is 0 Å². The summed E-state index contributed by atoms with van der Waals surface area (Å²) >= 11 is 0. The topological polar surface area (TPSA) is 9.86 Å². The number of hydrogen-bond acceptors (Lipinski definition) is 0. The fraction of sp³-hybridized carbons (Fsp3) is 0. The maximum atomic E-state index is 2.50. The van der Waals surface area contributed by atoms with E-state index >= 15 is 0 Å². The van der Waals surface area contributed by atoms with Crippen molar-refractivity contribution in [2.45, 2.75) is 0 Å². The van der Waals surface area contributed by atoms with Crippen LogP contribution in [0.1, 0.15) is 0 Å². The fourth-order valence-electron chi connectivity index (χ4n) is 8.74. The first-order chi connectivity index (χ1) is 27.8. The van der Waals surface area contributed by atoms with Gasteiger partial charge in [0.2, 0.25) is 0 Å². The molecule has 2 aromatic heterocycles. The van der Waals surface area contributed by atoms with Crippen LogP contribution in [0.25, 0.3) is 99.5 Å². The Morgan fingerprint density at radius 3 is 1.30 bits per heavy atom. The van der Waals surface area contributed by atoms with Gasteiger partial charge in [0, 0.05) is 32.8 Å². The van der Waals surface area contributed by atoms with E-state index in [9.17, 15) is 0 Å². The van der Waals surface area contributed by atoms with Gasteiger partial charge in [-0.3, -0.25) is 0 Å². The maximum absolute atomic E-state index is 2.50. The second-order valence-electron chi connectivity index (χ2n) is 14.5. The number of fused-ring (bicyclic) bond motifs is 7. The molecule has 0 fully saturated rings. The predicted molar refractivity (Wildman–Crippen MR) is 237 cm³/mol. The number of aromatic nitrogens is 2. The molecule has 0 bridgehead atoms. The smallest absolute Gasteiger partial charge is 0.0789 e. The van der Waals surface area contributed by atoms with E-state index in [1.807, 2.05) is 0 Å². The van der Waals surface area contributed by atoms with Gasteiger partial charge in [0.05, 0.1) is 27.8 Å². The van der Waals surface area contributed by atoms with Crippen molar-refractivity contribution < 1.29 is 0 Å². The first-order valence-electron chi connectivity index (χ1n) is 19.3. The number of rotatable bonds is 6. The summed E-state index contributed by atoms with van der Waals surface area (Å²) in [6, 6.07) is 79.3. The van der Waals surface area contributed by atoms with Crippen molar-refractivity contribution in [2.24, 2.45) is 0 Å². The molecule has 0 N–H and O–H groups in total. The number of para-hydroxylation sites is 4. The third kappa shape index (κ3) is 5.19. The second kappa shape index (κ2) is 13.2. The van der Waals surface area contributed by atoms with Crippen LogP contribution in [0.5, 0.6) is 0 Å². The summed E-state index contributed by atoms with van der Waals surface area (Å²) in [6.07, 6.45) is 0. The minimum Gasteiger partial charge on any atom is -0.307 e. The monoisotopic (exact) mass is 712 g/mol. The highest BCUT2D eigenvalue weighted by molar-refractivity contribution is 6.24. The molecule has 11 rings (SSSR count). The van der Waals surface area contributed by atoms with Gasteiger partial charge >= 0.3 is 0 Å². The first kappa shape index (κ1) is 32.0. The molecule has 0 amide bonds. The fourth-order valence-corrected chi connectivity index (χ4v) is 8.74. The van der Waals surface area contributed by atoms with Crippen molar-refractivity contribution in [3.8, 4) is 55.9 Å². The third-order valence-corrected chi connectivity index (χ3v) is 11.3. The lowest BCUT2D eigenvalue weighted by molar-refractivity contribution is 1.15. The van der Waals surface area contributed by atoms with E-state index in [0.29, 0.717) is 0 Å². The molecule has 0 saturated carbocycles. The largest absolute Gasteiger partial charge is 0.307 e. The second-order valence-corrected chi connectivity index (χ2v) is 14.5. The van der Waals surface area contributed by atoms with E-state index in [1.165, 1.54) is 88.1 Å². The van der Waals surface area contributed by atoms with E-state index in [2.05, 4.69) is 228 Å². The van der Waals surface area contributed by atoms with Crippen molar-refractivity contribution in [3.63, 3.8) is 0 Å². The average molecular weight is 713 g/mol. The van der Waals surface area contributed by atoms with Gasteiger partial charge in [0.15, 0.2) is 0 Å². The predicted octanol–water partition coefficient (Wildman–Crippen LogP) is 14.5. The molecule has 262 valence electrons. The Balaban J connectivity index is 1.06. The molecule has 2 nitrogen and oxygen atoms in total. The van der Waals surface area contributed by atoms with Crippen LogP contribution in [0.3, 0.4) is 0 Å². The average Bonchev–Trinajstić information content (AvgIpc) is 3.80. The molecule has 56 heavy (non-hydrogen) atoms. The van der Waals surface area contributed by atoms with Crippen LogP contribution in [-0.4, -0.2) is 9.13 Å². The van der Waals surface area contributed by atoms with E-state index in [-0.39, 0.29) is 0 Å². The minimum atomic E-state index is 1.15. The Bertz CT molecular complexity index is 3220. The van der Waals surface area contributed by atoms with E-state index in [1.54, 1.807) is 0 Å². The highest BCUT2D eigenvalue weighted by Gasteiger charge is 2.22. The van der Waals surface area contributed by atoms with E-state index < -0.39 is 0 Å². The molecule has 9 aromatic carbocycles. The Labute approximate surface area is 325 Å². The Kier molecular flexibility index (Phi) is 7.53. The lowest BCUT2D eigenvalue weighted by atomic mass is 9.95. The summed E-state index contributed by atoms with van der Waals surface area (Å²) in [6.45, 7) is 0. The summed E-state index contributed by atoms with van der Waals surface area (Å²) in [4.78, 5) is 0. The normalized spacial score (nSPS) is 11.6. The number of nitrogens with zero attached hydrogens (tertiary/aromatic N) is 2. The zero-order valence-electron chi connectivity index (χ0n) is 30.7. The van der Waals surface area contributed by atoms with Gasteiger partial charge in [0.25, 0.3) is 0 Å². The highest BCUT2D eigenvalue weighted by Crippen LogP contribution is 2.43. The summed E-state index contributed by atoms with van der Waals surface area (Å²) < 4.78 is 4.95. The lowest BCUT2D eigenvalue weighted by Gasteiger charge is -2.16. The Morgan fingerprint density at radius 1 is 0.250 bits per heavy atom. The Hall–Kier alpha value is -7.42. The first-order valence-corrected chi connectivity index (χ1v) is 19.3. The molecular formula is C54H36N2. The molecule has 2 heteroatoms. The summed E-state index contributed by atoms with van der Waals surface area (Å²) in [5, 5.41) is 4.99. The maximum Gasteiger partial charge on any atom is 0.0789 e. The van der Waals surface area contributed by atoms with Gasteiger partial charge in [-0.2, -0.15) is 0 Å². The third-order valence-electron chi connectivity index (χ3n) is 11.3. The van der Waals surface area contributed by atoms with Gasteiger partial charge in [-0.15, -0.1) is 0 Å². The van der Waals surface area contributed by atoms with Crippen LogP contribution < -0.4 is 0 Å². The van der Waals surface area contributed by atoms with Gasteiger partial charge in [-0.25, -0.2) is 0 Å². The molecule has 0 saturated heterocycles. The van der Waals surface area contributed by atoms with Crippen LogP contribution >= 0.6 is 0 Å². The molecule has 0 aliphatic carbocycles. The number of hydrogen-bond donors (Lipinski definition) is 0. The molecule has 0 spiro atoms. The van der Waals surface area contributed by atoms with Crippen molar-refractivity contribution in [1.29, 1.82) is 0 Å². The van der Waals surface area contributed by atoms with Crippen LogP contribution in [0.15, 0.2) is 218 Å². The van der Waals surface area contributed by atoms with Crippen LogP contribution in [0, 0.1) is 0 Å². The van der Waals surface area contributed by atoms with Gasteiger partial charge in [-0.05, 0) is 81.4 Å². The van der Waals surface area contributed by atoms with Crippen LogP contribution in [0.4, 0.5) is 0 Å². The zero-order chi connectivity index (χ0) is 37.0. The molecule has 0 aliphatic heterocycles. The quantitative estimate of drug-likeness (QED) is 0.162. The summed E-state index contributed by atoms with van der Waals surface area (Å²) in [5.41, 5.74) is 16.8. The molecule has 2 heterocycles. The van der Waals surface area contributed by atoms with Gasteiger partial charge in [-0.1, -0.05) is 176 Å². The van der Waals surface area contributed by atoms with Crippen molar-refractivity contribution in [1.82, 2.24) is 9.13 Å². The van der Waals surface area contributed by atoms with Crippen molar-refractivity contribution >= 4 is 43.6 Å². The SMILES string of the molecule is c1ccc(-c2cccc(-c3cccc(-c4ccc(-c5ccccc5-n5c6ccccc6c6ccc7c8ccccc8n(-c8ccccc8)c7c65)cc4)c3)c2)cc1. The minimum absolute atomic E-state index is 1.15. The summed E-state index contributed by atoms with van der Waals surface area (Å²) in [7, 11) is 0. The molecular weight excluding hydrogens is 677 g/mol. The molecule has 0 aliphatic rings. The molecule has 0 radical (unpaired) electrons. The Morgan fingerprint density at radius 2 is 0.679 bits per heavy atom. The van der Waals surface area contributed by atoms with E-state index in [0.717, 1.165) is 11.4 Å². The van der Waals surface area contributed by atoms with Crippen molar-refractivity contribution in [3.05, 3.63) is 218 Å². The van der Waals surface area contributed by atoms with Crippen LogP contribution in [-0.2, 0) is 0 Å². The highest BCUT2D eigenvalue weighted by atomic mass is 15.0. The van der Waals surface area contributed by atoms with Gasteiger partial charge < -0.3 is 9.13 Å². The molecule has 0 unspecified atom stereocenters. The summed E-state index contributed by atoms with van der Waals surface area (Å²) in [5.74, 6) is 0. The van der Waals surface area contributed by atoms with Crippen LogP contribution in [0.2, 0.25) is 0 Å². The standard InChI is InChI=1S/C54H36N2/c1-3-15-37(16-4-1)40-17-13-19-42(35-40)43-20-14-18-41(36-43)38-29-31-39(32-30-38)45-23-7-10-26-50(45)56-52-28-12-9-25-47(52)49-34-33-48-46-24-8-11-27-51(46)55(53(48)54(49)56)44-21-5-2-6-22-44/h1-36H.